The van der Waals surface area contributed by atoms with Gasteiger partial charge in [-0.05, 0) is 5.56 Å². The molecule has 0 radical (unpaired) electrons. The van der Waals surface area contributed by atoms with Gasteiger partial charge in [0.1, 0.15) is 23.2 Å². The second kappa shape index (κ2) is 6.77. The third kappa shape index (κ3) is 2.96. The first kappa shape index (κ1) is 17.3. The first-order valence-corrected chi connectivity index (χ1v) is 8.56. The zero-order chi connectivity index (χ0) is 18.1. The largest absolute Gasteiger partial charge is 0.498 e. The van der Waals surface area contributed by atoms with Crippen LogP contribution in [-0.4, -0.2) is 52.1 Å². The van der Waals surface area contributed by atoms with Gasteiger partial charge in [-0.3, -0.25) is 14.5 Å². The molecule has 9 heteroatoms. The Hall–Kier alpha value is -2.52. The fraction of sp³-hybridized carbons (Fsp3) is 0.312. The van der Waals surface area contributed by atoms with E-state index in [1.807, 2.05) is 6.07 Å². The summed E-state index contributed by atoms with van der Waals surface area (Å²) in [5.74, 6) is -1.67. The lowest BCUT2D eigenvalue weighted by Crippen LogP contribution is -2.71. The van der Waals surface area contributed by atoms with Crippen LogP contribution in [0.4, 0.5) is 0 Å². The Morgan fingerprint density at radius 2 is 2.08 bits per heavy atom. The molecule has 132 valence electrons. The predicted octanol–water partition coefficient (Wildman–Crippen LogP) is 0.0289. The summed E-state index contributed by atoms with van der Waals surface area (Å²) in [6, 6.07) is 7.10. The molecule has 25 heavy (non-hydrogen) atoms. The van der Waals surface area contributed by atoms with Gasteiger partial charge in [0.2, 0.25) is 5.91 Å². The van der Waals surface area contributed by atoms with E-state index < -0.39 is 35.2 Å². The number of rotatable bonds is 5. The number of nitrogens with one attached hydrogen (secondary N) is 1. The third-order valence-electron chi connectivity index (χ3n) is 4.12. The van der Waals surface area contributed by atoms with Crippen LogP contribution < -0.4 is 11.1 Å². The third-order valence-corrected chi connectivity index (χ3v) is 5.37. The van der Waals surface area contributed by atoms with Crippen LogP contribution in [0.2, 0.25) is 0 Å². The molecule has 0 aromatic heterocycles. The van der Waals surface area contributed by atoms with E-state index in [2.05, 4.69) is 5.32 Å². The topological polar surface area (TPSA) is 122 Å². The van der Waals surface area contributed by atoms with Crippen molar-refractivity contribution in [2.45, 2.75) is 17.5 Å². The summed E-state index contributed by atoms with van der Waals surface area (Å²) in [6.07, 6.45) is 0. The second-order valence-corrected chi connectivity index (χ2v) is 6.67. The number of hydrogen-bond donors (Lipinski definition) is 3. The van der Waals surface area contributed by atoms with Gasteiger partial charge in [-0.25, -0.2) is 4.79 Å². The molecule has 2 amide bonds. The number of fused-ring (bicyclic) bond motifs is 1. The fourth-order valence-corrected chi connectivity index (χ4v) is 4.11. The van der Waals surface area contributed by atoms with Crippen LogP contribution in [0.5, 0.6) is 0 Å². The highest BCUT2D eigenvalue weighted by atomic mass is 32.2. The van der Waals surface area contributed by atoms with E-state index in [-0.39, 0.29) is 11.5 Å². The van der Waals surface area contributed by atoms with Crippen molar-refractivity contribution in [3.05, 3.63) is 47.4 Å². The molecular weight excluding hydrogens is 346 g/mol. The van der Waals surface area contributed by atoms with Gasteiger partial charge in [-0.2, -0.15) is 0 Å². The normalized spacial score (nSPS) is 23.4. The van der Waals surface area contributed by atoms with Crippen molar-refractivity contribution in [3.8, 4) is 0 Å². The minimum atomic E-state index is -1.23. The number of carbonyl (C=O) groups excluding carboxylic acids is 2. The van der Waals surface area contributed by atoms with Crippen molar-refractivity contribution in [2.24, 2.45) is 5.73 Å². The van der Waals surface area contributed by atoms with Crippen molar-refractivity contribution in [1.29, 1.82) is 0 Å². The molecule has 1 aromatic carbocycles. The van der Waals surface area contributed by atoms with Crippen LogP contribution in [-0.2, 0) is 19.1 Å². The molecule has 4 N–H and O–H groups in total. The zero-order valence-electron chi connectivity index (χ0n) is 13.3. The van der Waals surface area contributed by atoms with E-state index in [0.717, 1.165) is 4.90 Å². The average molecular weight is 363 g/mol. The number of ether oxygens (including phenoxy) is 1. The minimum Gasteiger partial charge on any atom is -0.498 e. The molecular formula is C16H17N3O5S. The quantitative estimate of drug-likeness (QED) is 0.631. The van der Waals surface area contributed by atoms with Crippen LogP contribution in [0, 0.1) is 0 Å². The number of hydrogen-bond acceptors (Lipinski definition) is 6. The highest BCUT2D eigenvalue weighted by Gasteiger charge is 2.54. The Morgan fingerprint density at radius 3 is 2.68 bits per heavy atom. The van der Waals surface area contributed by atoms with E-state index in [0.29, 0.717) is 11.3 Å². The van der Waals surface area contributed by atoms with E-state index >= 15 is 0 Å². The molecule has 0 aliphatic carbocycles. The molecule has 1 saturated heterocycles. The van der Waals surface area contributed by atoms with Crippen molar-refractivity contribution in [3.63, 3.8) is 0 Å². The number of β-lactam (4-membered cyclic amide) rings is 1. The van der Waals surface area contributed by atoms with E-state index in [9.17, 15) is 19.5 Å². The molecule has 8 nitrogen and oxygen atoms in total. The molecule has 3 rings (SSSR count). The smallest absolute Gasteiger partial charge is 0.356 e. The number of carboxylic acid groups (broad SMARTS) is 1. The lowest BCUT2D eigenvalue weighted by molar-refractivity contribution is -0.151. The summed E-state index contributed by atoms with van der Waals surface area (Å²) in [7, 11) is 1.36. The number of methoxy groups -OCH3 is 1. The lowest BCUT2D eigenvalue weighted by Gasteiger charge is -2.49. The summed E-state index contributed by atoms with van der Waals surface area (Å²) in [4.78, 5) is 37.3. The van der Waals surface area contributed by atoms with Crippen LogP contribution in [0.3, 0.4) is 0 Å². The molecule has 1 fully saturated rings. The summed E-state index contributed by atoms with van der Waals surface area (Å²) in [5.41, 5.74) is 6.39. The summed E-state index contributed by atoms with van der Waals surface area (Å²) < 4.78 is 5.06. The second-order valence-electron chi connectivity index (χ2n) is 5.57. The maximum atomic E-state index is 12.4. The van der Waals surface area contributed by atoms with Gasteiger partial charge in [-0.15, -0.1) is 11.8 Å². The number of nitrogens with zero attached hydrogens (tertiary/aromatic N) is 1. The Kier molecular flexibility index (Phi) is 4.69. The predicted molar refractivity (Wildman–Crippen MR) is 90.1 cm³/mol. The van der Waals surface area contributed by atoms with Gasteiger partial charge in [0.15, 0.2) is 5.70 Å². The lowest BCUT2D eigenvalue weighted by atomic mass is 10.0. The Bertz CT molecular complexity index is 751. The molecule has 0 saturated carbocycles. The van der Waals surface area contributed by atoms with Crippen molar-refractivity contribution in [2.75, 3.05) is 12.9 Å². The van der Waals surface area contributed by atoms with Gasteiger partial charge in [0.25, 0.3) is 5.91 Å². The van der Waals surface area contributed by atoms with E-state index in [4.69, 9.17) is 10.5 Å². The number of carboxylic acids is 1. The SMILES string of the molecule is COC1=C(C(=O)O)N2C(=O)C(NC(=O)[C@H](N)c3ccccc3)[C@H]2SC1. The molecule has 2 heterocycles. The number of carbonyl (C=O) groups is 3. The first-order chi connectivity index (χ1) is 12.0. The van der Waals surface area contributed by atoms with Crippen molar-refractivity contribution < 1.29 is 24.2 Å². The summed E-state index contributed by atoms with van der Waals surface area (Å²) >= 11 is 1.33. The molecule has 3 atom stereocenters. The van der Waals surface area contributed by atoms with E-state index in [1.165, 1.54) is 18.9 Å². The van der Waals surface area contributed by atoms with Crippen molar-refractivity contribution in [1.82, 2.24) is 10.2 Å². The number of nitrogens with two attached hydrogens (primary N) is 1. The summed E-state index contributed by atoms with van der Waals surface area (Å²) in [6.45, 7) is 0. The fourth-order valence-electron chi connectivity index (χ4n) is 2.80. The summed E-state index contributed by atoms with van der Waals surface area (Å²) in [5, 5.41) is 11.5. The Balaban J connectivity index is 1.73. The maximum absolute atomic E-state index is 12.4. The molecule has 1 unspecified atom stereocenters. The highest BCUT2D eigenvalue weighted by Crippen LogP contribution is 2.40. The van der Waals surface area contributed by atoms with Gasteiger partial charge in [0, 0.05) is 0 Å². The average Bonchev–Trinajstić information content (AvgIpc) is 2.64. The number of aliphatic carboxylic acids is 1. The van der Waals surface area contributed by atoms with Gasteiger partial charge < -0.3 is 20.9 Å². The van der Waals surface area contributed by atoms with E-state index in [1.54, 1.807) is 24.3 Å². The molecule has 1 aromatic rings. The molecule has 2 aliphatic heterocycles. The van der Waals surface area contributed by atoms with Crippen LogP contribution >= 0.6 is 11.8 Å². The highest BCUT2D eigenvalue weighted by molar-refractivity contribution is 8.00. The first-order valence-electron chi connectivity index (χ1n) is 7.51. The van der Waals surface area contributed by atoms with Gasteiger partial charge in [0.05, 0.1) is 12.9 Å². The number of amides is 2. The number of benzene rings is 1. The van der Waals surface area contributed by atoms with Crippen LogP contribution in [0.1, 0.15) is 11.6 Å². The molecule has 0 bridgehead atoms. The van der Waals surface area contributed by atoms with Crippen molar-refractivity contribution >= 4 is 29.5 Å². The van der Waals surface area contributed by atoms with Crippen LogP contribution in [0.15, 0.2) is 41.8 Å². The Labute approximate surface area is 148 Å². The minimum absolute atomic E-state index is 0.172. The molecule has 0 spiro atoms. The van der Waals surface area contributed by atoms with Gasteiger partial charge >= 0.3 is 5.97 Å². The zero-order valence-corrected chi connectivity index (χ0v) is 14.2. The van der Waals surface area contributed by atoms with Gasteiger partial charge in [-0.1, -0.05) is 30.3 Å². The maximum Gasteiger partial charge on any atom is 0.356 e. The Morgan fingerprint density at radius 1 is 1.40 bits per heavy atom. The monoisotopic (exact) mass is 363 g/mol. The standard InChI is InChI=1S/C16H17N3O5S/c1-24-9-7-25-15-11(14(21)19(15)12(9)16(22)23)18-13(20)10(17)8-5-3-2-4-6-8/h2-6,10-11,15H,7,17H2,1H3,(H,18,20)(H,22,23)/t10-,11?,15-/m1/s1. The van der Waals surface area contributed by atoms with Crippen LogP contribution in [0.25, 0.3) is 0 Å². The number of thioether (sulfide) groups is 1. The molecule has 2 aliphatic rings.